The van der Waals surface area contributed by atoms with Gasteiger partial charge in [-0.15, -0.1) is 0 Å². The average molecular weight is 249 g/mol. The summed E-state index contributed by atoms with van der Waals surface area (Å²) in [4.78, 5) is 0.327. The minimum absolute atomic E-state index is 0.327. The van der Waals surface area contributed by atoms with Crippen LogP contribution < -0.4 is 0 Å². The van der Waals surface area contributed by atoms with Gasteiger partial charge in [0, 0.05) is 12.4 Å². The second kappa shape index (κ2) is 4.75. The number of aromatic nitrogens is 1. The average Bonchev–Trinajstić information content (AvgIpc) is 2.84. The van der Waals surface area contributed by atoms with Crippen molar-refractivity contribution in [2.24, 2.45) is 0 Å². The Morgan fingerprint density at radius 1 is 1.06 bits per heavy atom. The van der Waals surface area contributed by atoms with Crippen molar-refractivity contribution in [3.63, 3.8) is 0 Å². The van der Waals surface area contributed by atoms with Crippen LogP contribution in [0.2, 0.25) is 0 Å². The molecule has 0 aliphatic heterocycles. The van der Waals surface area contributed by atoms with Gasteiger partial charge in [0.1, 0.15) is 0 Å². The lowest BCUT2D eigenvalue weighted by Crippen LogP contribution is -2.10. The fourth-order valence-corrected chi connectivity index (χ4v) is 2.90. The zero-order valence-electron chi connectivity index (χ0n) is 9.70. The monoisotopic (exact) mass is 249 g/mol. The predicted octanol–water partition coefficient (Wildman–Crippen LogP) is 2.68. The van der Waals surface area contributed by atoms with Crippen molar-refractivity contribution in [1.29, 1.82) is 0 Å². The Balaban J connectivity index is 2.35. The summed E-state index contributed by atoms with van der Waals surface area (Å²) in [5.41, 5.74) is 1.17. The lowest BCUT2D eigenvalue weighted by atomic mass is 10.1. The van der Waals surface area contributed by atoms with E-state index in [1.165, 1.54) is 21.9 Å². The van der Waals surface area contributed by atoms with Crippen LogP contribution in [-0.4, -0.2) is 12.4 Å². The maximum atomic E-state index is 12.1. The Bertz CT molecular complexity index is 568. The van der Waals surface area contributed by atoms with Crippen LogP contribution in [0.3, 0.4) is 0 Å². The van der Waals surface area contributed by atoms with Gasteiger partial charge in [0.15, 0.2) is 0 Å². The largest absolute Gasteiger partial charge is 0.267 e. The zero-order valence-corrected chi connectivity index (χ0v) is 10.5. The first-order valence-corrected chi connectivity index (χ1v) is 7.06. The topological polar surface area (TPSA) is 39.1 Å². The molecule has 0 saturated carbocycles. The number of nitrogens with zero attached hydrogens (tertiary/aromatic N) is 1. The molecule has 1 aromatic heterocycles. The highest BCUT2D eigenvalue weighted by molar-refractivity contribution is 7.90. The van der Waals surface area contributed by atoms with Gasteiger partial charge in [-0.05, 0) is 36.2 Å². The summed E-state index contributed by atoms with van der Waals surface area (Å²) in [7, 11) is -3.41. The van der Waals surface area contributed by atoms with Gasteiger partial charge in [0.05, 0.1) is 4.90 Å². The van der Waals surface area contributed by atoms with Crippen molar-refractivity contribution in [2.45, 2.75) is 24.7 Å². The maximum absolute atomic E-state index is 12.1. The molecule has 0 radical (unpaired) electrons. The Hall–Kier alpha value is -1.55. The lowest BCUT2D eigenvalue weighted by Gasteiger charge is -2.06. The van der Waals surface area contributed by atoms with Gasteiger partial charge in [0.25, 0.3) is 10.0 Å². The Kier molecular flexibility index (Phi) is 3.33. The number of hydrogen-bond acceptors (Lipinski definition) is 2. The first-order chi connectivity index (χ1) is 8.14. The van der Waals surface area contributed by atoms with Crippen molar-refractivity contribution >= 4 is 10.0 Å². The van der Waals surface area contributed by atoms with Crippen molar-refractivity contribution in [3.8, 4) is 0 Å². The van der Waals surface area contributed by atoms with E-state index in [0.717, 1.165) is 12.8 Å². The van der Waals surface area contributed by atoms with Crippen LogP contribution >= 0.6 is 0 Å². The van der Waals surface area contributed by atoms with Crippen molar-refractivity contribution in [3.05, 3.63) is 54.4 Å². The van der Waals surface area contributed by atoms with Crippen molar-refractivity contribution in [2.75, 3.05) is 0 Å². The maximum Gasteiger partial charge on any atom is 0.267 e. The SMILES string of the molecule is CCCc1ccc(S(=O)(=O)n2cccc2)cc1. The van der Waals surface area contributed by atoms with Gasteiger partial charge in [0.2, 0.25) is 0 Å². The molecule has 0 atom stereocenters. The molecule has 2 aromatic rings. The zero-order chi connectivity index (χ0) is 12.3. The minimum atomic E-state index is -3.41. The number of benzene rings is 1. The molecule has 0 N–H and O–H groups in total. The van der Waals surface area contributed by atoms with Gasteiger partial charge in [-0.1, -0.05) is 25.5 Å². The molecule has 0 fully saturated rings. The van der Waals surface area contributed by atoms with E-state index in [1.807, 2.05) is 12.1 Å². The molecule has 90 valence electrons. The third kappa shape index (κ3) is 2.42. The molecule has 0 spiro atoms. The van der Waals surface area contributed by atoms with Gasteiger partial charge < -0.3 is 0 Å². The number of rotatable bonds is 4. The van der Waals surface area contributed by atoms with Crippen molar-refractivity contribution < 1.29 is 8.42 Å². The molecule has 0 unspecified atom stereocenters. The van der Waals surface area contributed by atoms with Gasteiger partial charge in [-0.2, -0.15) is 0 Å². The highest BCUT2D eigenvalue weighted by atomic mass is 32.2. The van der Waals surface area contributed by atoms with E-state index in [9.17, 15) is 8.42 Å². The second-order valence-electron chi connectivity index (χ2n) is 3.91. The minimum Gasteiger partial charge on any atom is -0.249 e. The van der Waals surface area contributed by atoms with E-state index in [1.54, 1.807) is 24.3 Å². The molecule has 3 nitrogen and oxygen atoms in total. The molecular formula is C13H15NO2S. The molecule has 2 rings (SSSR count). The molecule has 1 aromatic carbocycles. The van der Waals surface area contributed by atoms with Crippen LogP contribution in [0.4, 0.5) is 0 Å². The summed E-state index contributed by atoms with van der Waals surface area (Å²) in [5, 5.41) is 0. The van der Waals surface area contributed by atoms with Crippen LogP contribution in [-0.2, 0) is 16.4 Å². The Morgan fingerprint density at radius 3 is 2.18 bits per heavy atom. The van der Waals surface area contributed by atoms with Gasteiger partial charge in [-0.3, -0.25) is 0 Å². The van der Waals surface area contributed by atoms with Gasteiger partial charge in [-0.25, -0.2) is 12.4 Å². The molecule has 0 saturated heterocycles. The molecule has 17 heavy (non-hydrogen) atoms. The van der Waals surface area contributed by atoms with Crippen LogP contribution in [0.15, 0.2) is 53.7 Å². The fourth-order valence-electron chi connectivity index (χ4n) is 1.72. The van der Waals surface area contributed by atoms with Gasteiger partial charge >= 0.3 is 0 Å². The summed E-state index contributed by atoms with van der Waals surface area (Å²) in [5.74, 6) is 0. The Morgan fingerprint density at radius 2 is 1.65 bits per heavy atom. The first-order valence-electron chi connectivity index (χ1n) is 5.62. The quantitative estimate of drug-likeness (QED) is 0.835. The number of aryl methyl sites for hydroxylation is 1. The normalized spacial score (nSPS) is 11.6. The van der Waals surface area contributed by atoms with Crippen molar-refractivity contribution in [1.82, 2.24) is 3.97 Å². The molecule has 4 heteroatoms. The van der Waals surface area contributed by atoms with Crippen LogP contribution in [0.5, 0.6) is 0 Å². The standard InChI is InChI=1S/C13H15NO2S/c1-2-5-12-6-8-13(9-7-12)17(15,16)14-10-3-4-11-14/h3-4,6-11H,2,5H2,1H3. The second-order valence-corrected chi connectivity index (χ2v) is 5.76. The van der Waals surface area contributed by atoms with E-state index >= 15 is 0 Å². The molecule has 0 aliphatic carbocycles. The highest BCUT2D eigenvalue weighted by Gasteiger charge is 2.14. The van der Waals surface area contributed by atoms with E-state index in [4.69, 9.17) is 0 Å². The fraction of sp³-hybridized carbons (Fsp3) is 0.231. The third-order valence-corrected chi connectivity index (χ3v) is 4.28. The summed E-state index contributed by atoms with van der Waals surface area (Å²) in [6.07, 6.45) is 5.11. The summed E-state index contributed by atoms with van der Waals surface area (Å²) in [6.45, 7) is 2.10. The van der Waals surface area contributed by atoms with Crippen LogP contribution in [0, 0.1) is 0 Å². The highest BCUT2D eigenvalue weighted by Crippen LogP contribution is 2.15. The van der Waals surface area contributed by atoms with E-state index in [2.05, 4.69) is 6.92 Å². The summed E-state index contributed by atoms with van der Waals surface area (Å²) < 4.78 is 25.5. The third-order valence-electron chi connectivity index (χ3n) is 2.61. The van der Waals surface area contributed by atoms with E-state index in [0.29, 0.717) is 4.90 Å². The molecule has 0 aliphatic rings. The van der Waals surface area contributed by atoms with E-state index in [-0.39, 0.29) is 0 Å². The molecule has 0 amide bonds. The first kappa shape index (κ1) is 11.9. The molecule has 1 heterocycles. The van der Waals surface area contributed by atoms with Crippen LogP contribution in [0.25, 0.3) is 0 Å². The smallest absolute Gasteiger partial charge is 0.249 e. The molecule has 0 bridgehead atoms. The number of hydrogen-bond donors (Lipinski definition) is 0. The summed E-state index contributed by atoms with van der Waals surface area (Å²) in [6, 6.07) is 10.5. The molecular weight excluding hydrogens is 234 g/mol. The van der Waals surface area contributed by atoms with Crippen LogP contribution in [0.1, 0.15) is 18.9 Å². The summed E-state index contributed by atoms with van der Waals surface area (Å²) >= 11 is 0. The Labute approximate surface area is 102 Å². The van der Waals surface area contributed by atoms with E-state index < -0.39 is 10.0 Å². The predicted molar refractivity (Wildman–Crippen MR) is 67.5 cm³/mol. The lowest BCUT2D eigenvalue weighted by molar-refractivity contribution is 0.587.